The standard InChI is InChI=1S/C44H50ClFN2O5S/c1-40-17-13-29(49)25-42(40)20-21-44(33(26-42)36(50)24-32-34(45)7-4-8-35(32)46)37(40)14-18-41(2)38(44)15-19-43(41,52)27-48(22-16-31-6-5-23-54-31)39(51)47-28-9-11-30(53-3)12-10-28/h4-12,20-21,23,26,29,37-38,49,52H,13-19,22,24-25,27H2,1-3H3,(H,47,51)/t29?,37-,38-,40-,41+,42+,43-,44-/m1/s1. The number of halogens is 2. The molecule has 10 heteroatoms. The van der Waals surface area contributed by atoms with Crippen molar-refractivity contribution in [1.29, 1.82) is 0 Å². The van der Waals surface area contributed by atoms with E-state index in [9.17, 15) is 19.8 Å². The first-order valence-corrected chi connectivity index (χ1v) is 20.6. The second-order valence-corrected chi connectivity index (χ2v) is 18.5. The number of ketones is 1. The minimum atomic E-state index is -1.24. The number of amides is 2. The molecule has 9 rings (SSSR count). The number of hydrogen-bond acceptors (Lipinski definition) is 6. The van der Waals surface area contributed by atoms with Crippen LogP contribution in [0.3, 0.4) is 0 Å². The van der Waals surface area contributed by atoms with E-state index in [2.05, 4.69) is 43.5 Å². The molecule has 6 aliphatic carbocycles. The highest BCUT2D eigenvalue weighted by Gasteiger charge is 2.74. The van der Waals surface area contributed by atoms with Crippen LogP contribution in [-0.2, 0) is 17.6 Å². The smallest absolute Gasteiger partial charge is 0.321 e. The molecular weight excluding hydrogens is 723 g/mol. The second kappa shape index (κ2) is 13.6. The molecule has 0 radical (unpaired) electrons. The fourth-order valence-corrected chi connectivity index (χ4v) is 12.7. The van der Waals surface area contributed by atoms with Crippen LogP contribution in [0.1, 0.15) is 69.2 Å². The topological polar surface area (TPSA) is 99.1 Å². The molecule has 286 valence electrons. The summed E-state index contributed by atoms with van der Waals surface area (Å²) in [6.07, 6.45) is 11.4. The summed E-state index contributed by atoms with van der Waals surface area (Å²) >= 11 is 8.14. The molecule has 2 spiro atoms. The third-order valence-corrected chi connectivity index (χ3v) is 16.0. The molecule has 2 bridgehead atoms. The van der Waals surface area contributed by atoms with Gasteiger partial charge in [0.2, 0.25) is 0 Å². The quantitative estimate of drug-likeness (QED) is 0.179. The number of aliphatic hydroxyl groups is 2. The summed E-state index contributed by atoms with van der Waals surface area (Å²) in [7, 11) is 1.60. The van der Waals surface area contributed by atoms with Crippen molar-refractivity contribution in [2.24, 2.45) is 33.5 Å². The first kappa shape index (κ1) is 37.4. The third-order valence-electron chi connectivity index (χ3n) is 14.7. The van der Waals surface area contributed by atoms with Crippen molar-refractivity contribution in [1.82, 2.24) is 4.90 Å². The lowest BCUT2D eigenvalue weighted by molar-refractivity contribution is -0.177. The Morgan fingerprint density at radius 3 is 2.46 bits per heavy atom. The molecule has 6 aliphatic rings. The zero-order valence-corrected chi connectivity index (χ0v) is 32.8. The highest BCUT2D eigenvalue weighted by molar-refractivity contribution is 7.09. The minimum absolute atomic E-state index is 0.0938. The van der Waals surface area contributed by atoms with Crippen LogP contribution < -0.4 is 10.1 Å². The van der Waals surface area contributed by atoms with Gasteiger partial charge in [0.15, 0.2) is 5.78 Å². The average Bonchev–Trinajstić information content (AvgIpc) is 3.77. The Balaban J connectivity index is 1.16. The Labute approximate surface area is 326 Å². The number of nitrogens with zero attached hydrogens (tertiary/aromatic N) is 1. The molecule has 7 nitrogen and oxygen atoms in total. The average molecular weight is 773 g/mol. The van der Waals surface area contributed by atoms with Crippen molar-refractivity contribution < 1.29 is 28.9 Å². The second-order valence-electron chi connectivity index (χ2n) is 17.0. The molecule has 3 fully saturated rings. The number of aliphatic hydroxyl groups excluding tert-OH is 1. The summed E-state index contributed by atoms with van der Waals surface area (Å²) in [6, 6.07) is 15.5. The van der Waals surface area contributed by atoms with Crippen LogP contribution in [-0.4, -0.2) is 58.8 Å². The third kappa shape index (κ3) is 5.70. The van der Waals surface area contributed by atoms with Gasteiger partial charge in [0.05, 0.1) is 25.4 Å². The number of carbonyl (C=O) groups excluding carboxylic acids is 2. The summed E-state index contributed by atoms with van der Waals surface area (Å²) in [4.78, 5) is 31.8. The lowest BCUT2D eigenvalue weighted by Gasteiger charge is -2.71. The Hall–Kier alpha value is -3.50. The van der Waals surface area contributed by atoms with Crippen molar-refractivity contribution in [3.05, 3.63) is 105 Å². The number of thiophene rings is 1. The van der Waals surface area contributed by atoms with Crippen LogP contribution >= 0.6 is 22.9 Å². The number of urea groups is 1. The maximum absolute atomic E-state index is 15.2. The monoisotopic (exact) mass is 772 g/mol. The van der Waals surface area contributed by atoms with Crippen molar-refractivity contribution in [3.63, 3.8) is 0 Å². The lowest BCUT2D eigenvalue weighted by atomic mass is 9.32. The van der Waals surface area contributed by atoms with E-state index < -0.39 is 33.8 Å². The van der Waals surface area contributed by atoms with Crippen LogP contribution in [0.4, 0.5) is 14.9 Å². The molecule has 3 aromatic rings. The number of fused-ring (bicyclic) bond motifs is 1. The van der Waals surface area contributed by atoms with Gasteiger partial charge < -0.3 is 25.2 Å². The van der Waals surface area contributed by atoms with Crippen molar-refractivity contribution in [2.75, 3.05) is 25.5 Å². The first-order chi connectivity index (χ1) is 25.8. The predicted octanol–water partition coefficient (Wildman–Crippen LogP) is 9.03. The van der Waals surface area contributed by atoms with Crippen molar-refractivity contribution >= 4 is 40.4 Å². The molecular formula is C44H50ClFN2O5S. The fraction of sp³-hybridized carbons (Fsp3) is 0.500. The van der Waals surface area contributed by atoms with E-state index in [-0.39, 0.29) is 52.6 Å². The van der Waals surface area contributed by atoms with Gasteiger partial charge in [-0.05, 0) is 116 Å². The van der Waals surface area contributed by atoms with E-state index in [1.54, 1.807) is 59.7 Å². The first-order valence-electron chi connectivity index (χ1n) is 19.3. The van der Waals surface area contributed by atoms with Gasteiger partial charge in [-0.25, -0.2) is 9.18 Å². The number of anilines is 1. The van der Waals surface area contributed by atoms with E-state index in [1.807, 2.05) is 11.4 Å². The number of allylic oxidation sites excluding steroid dienone is 4. The molecule has 0 aliphatic heterocycles. The maximum atomic E-state index is 15.2. The van der Waals surface area contributed by atoms with E-state index in [0.717, 1.165) is 24.1 Å². The van der Waals surface area contributed by atoms with Crippen molar-refractivity contribution in [2.45, 2.75) is 83.3 Å². The number of Topliss-reactive ketones (excluding diaryl/α,β-unsaturated/α-hetero) is 1. The van der Waals surface area contributed by atoms with Gasteiger partial charge in [-0.2, -0.15) is 0 Å². The lowest BCUT2D eigenvalue weighted by Crippen LogP contribution is -2.67. The largest absolute Gasteiger partial charge is 0.497 e. The molecule has 2 amide bonds. The van der Waals surface area contributed by atoms with Gasteiger partial charge in [0, 0.05) is 55.9 Å². The van der Waals surface area contributed by atoms with E-state index in [4.69, 9.17) is 16.3 Å². The zero-order valence-electron chi connectivity index (χ0n) is 31.2. The highest BCUT2D eigenvalue weighted by atomic mass is 35.5. The number of methoxy groups -OCH3 is 1. The number of carbonyl (C=O) groups is 2. The summed E-state index contributed by atoms with van der Waals surface area (Å²) in [6.45, 7) is 5.08. The maximum Gasteiger partial charge on any atom is 0.321 e. The van der Waals surface area contributed by atoms with Crippen molar-refractivity contribution in [3.8, 4) is 5.75 Å². The highest BCUT2D eigenvalue weighted by Crippen LogP contribution is 2.78. The summed E-state index contributed by atoms with van der Waals surface area (Å²) in [5.41, 5.74) is -1.78. The van der Waals surface area contributed by atoms with Gasteiger partial charge in [-0.15, -0.1) is 11.3 Å². The van der Waals surface area contributed by atoms with Crippen LogP contribution in [0.25, 0.3) is 0 Å². The molecule has 1 aromatic heterocycles. The molecule has 8 atom stereocenters. The molecule has 0 saturated heterocycles. The number of benzene rings is 2. The Morgan fingerprint density at radius 1 is 1.00 bits per heavy atom. The molecule has 54 heavy (non-hydrogen) atoms. The van der Waals surface area contributed by atoms with Crippen LogP contribution in [0.2, 0.25) is 5.02 Å². The SMILES string of the molecule is COc1ccc(NC(=O)N(CCc2cccs2)C[C@]2(O)CC[C@H]3[C@]45C=C[C@@]6(C=C4C(=O)Cc4c(F)cccc4Cl)CC(O)CC[C@]6(C)[C@H]5CC[C@@]32C)cc1. The van der Waals surface area contributed by atoms with Gasteiger partial charge in [-0.3, -0.25) is 4.79 Å². The molecule has 1 unspecified atom stereocenters. The Bertz CT molecular complexity index is 1980. The predicted molar refractivity (Wildman–Crippen MR) is 210 cm³/mol. The number of hydrogen-bond donors (Lipinski definition) is 3. The van der Waals surface area contributed by atoms with E-state index in [0.29, 0.717) is 55.7 Å². The molecule has 2 aromatic carbocycles. The van der Waals surface area contributed by atoms with Gasteiger partial charge in [0.25, 0.3) is 0 Å². The van der Waals surface area contributed by atoms with E-state index in [1.165, 1.54) is 6.07 Å². The Kier molecular flexibility index (Phi) is 9.43. The normalized spacial score (nSPS) is 34.7. The van der Waals surface area contributed by atoms with Gasteiger partial charge in [-0.1, -0.05) is 55.8 Å². The molecule has 3 saturated carbocycles. The van der Waals surface area contributed by atoms with E-state index >= 15 is 4.39 Å². The Morgan fingerprint density at radius 2 is 1.74 bits per heavy atom. The summed E-state index contributed by atoms with van der Waals surface area (Å²) in [5.74, 6) is 0.0142. The zero-order chi connectivity index (χ0) is 38.1. The summed E-state index contributed by atoms with van der Waals surface area (Å²) in [5, 5.41) is 29.4. The number of ether oxygens (including phenoxy) is 1. The summed E-state index contributed by atoms with van der Waals surface area (Å²) < 4.78 is 20.5. The van der Waals surface area contributed by atoms with Crippen LogP contribution in [0.15, 0.2) is 83.8 Å². The number of nitrogens with one attached hydrogen (secondary N) is 1. The molecule has 3 N–H and O–H groups in total. The van der Waals surface area contributed by atoms with Gasteiger partial charge >= 0.3 is 6.03 Å². The van der Waals surface area contributed by atoms with Crippen LogP contribution in [0.5, 0.6) is 5.75 Å². The fourth-order valence-electron chi connectivity index (χ4n) is 11.8. The molecule has 1 heterocycles. The van der Waals surface area contributed by atoms with Gasteiger partial charge in [0.1, 0.15) is 11.6 Å². The number of rotatable bonds is 10. The minimum Gasteiger partial charge on any atom is -0.497 e. The van der Waals surface area contributed by atoms with Crippen LogP contribution in [0, 0.1) is 39.3 Å².